The number of nitrogens with two attached hydrogens (primary N) is 1. The van der Waals surface area contributed by atoms with E-state index in [9.17, 15) is 9.18 Å². The van der Waals surface area contributed by atoms with Gasteiger partial charge in [0.2, 0.25) is 5.91 Å². The summed E-state index contributed by atoms with van der Waals surface area (Å²) in [5, 5.41) is 4.01. The monoisotopic (exact) mass is 528 g/mol. The number of amides is 1. The molecule has 0 unspecified atom stereocenters. The number of ether oxygens (including phenoxy) is 2. The number of benzene rings is 2. The lowest BCUT2D eigenvalue weighted by atomic mass is 10.1. The van der Waals surface area contributed by atoms with Crippen LogP contribution in [0.1, 0.15) is 12.0 Å². The average molecular weight is 529 g/mol. The van der Waals surface area contributed by atoms with Crippen LogP contribution in [0.3, 0.4) is 0 Å². The maximum absolute atomic E-state index is 14.3. The van der Waals surface area contributed by atoms with Gasteiger partial charge in [-0.1, -0.05) is 12.1 Å². The molecular weight excluding hydrogens is 499 g/mol. The predicted octanol–water partition coefficient (Wildman–Crippen LogP) is 4.17. The van der Waals surface area contributed by atoms with Gasteiger partial charge in [0.25, 0.3) is 0 Å². The first-order valence-electron chi connectivity index (χ1n) is 12.7. The van der Waals surface area contributed by atoms with Gasteiger partial charge in [-0.25, -0.2) is 14.4 Å². The summed E-state index contributed by atoms with van der Waals surface area (Å²) in [5.41, 5.74) is 8.28. The number of fused-ring (bicyclic) bond motifs is 1. The van der Waals surface area contributed by atoms with E-state index >= 15 is 0 Å². The van der Waals surface area contributed by atoms with E-state index in [0.717, 1.165) is 39.3 Å². The smallest absolute Gasteiger partial charge is 0.241 e. The third kappa shape index (κ3) is 6.73. The van der Waals surface area contributed by atoms with E-state index < -0.39 is 5.91 Å². The molecule has 3 heterocycles. The molecular formula is C29H29FN6O3. The number of morpholine rings is 1. The Labute approximate surface area is 225 Å². The molecule has 1 saturated heterocycles. The third-order valence-electron chi connectivity index (χ3n) is 6.35. The van der Waals surface area contributed by atoms with Crippen molar-refractivity contribution in [3.63, 3.8) is 0 Å². The van der Waals surface area contributed by atoms with E-state index in [0.29, 0.717) is 51.6 Å². The molecule has 200 valence electrons. The molecule has 0 bridgehead atoms. The zero-order valence-corrected chi connectivity index (χ0v) is 21.3. The van der Waals surface area contributed by atoms with Gasteiger partial charge in [0.15, 0.2) is 0 Å². The number of rotatable bonds is 10. The Morgan fingerprint density at radius 3 is 2.79 bits per heavy atom. The molecule has 0 radical (unpaired) electrons. The van der Waals surface area contributed by atoms with Gasteiger partial charge >= 0.3 is 0 Å². The van der Waals surface area contributed by atoms with E-state index in [1.165, 1.54) is 18.5 Å². The number of nitrogens with one attached hydrogen (secondary N) is 1. The molecule has 2 aromatic heterocycles. The number of carbonyl (C=O) groups excluding carboxylic acids is 1. The zero-order valence-electron chi connectivity index (χ0n) is 21.3. The van der Waals surface area contributed by atoms with Gasteiger partial charge in [0.05, 0.1) is 31.0 Å². The first kappa shape index (κ1) is 26.2. The van der Waals surface area contributed by atoms with Crippen molar-refractivity contribution in [1.82, 2.24) is 19.9 Å². The molecule has 1 aliphatic rings. The Kier molecular flexibility index (Phi) is 8.35. The zero-order chi connectivity index (χ0) is 27.0. The normalized spacial score (nSPS) is 14.1. The molecule has 3 N–H and O–H groups in total. The van der Waals surface area contributed by atoms with Crippen LogP contribution in [0.5, 0.6) is 5.75 Å². The summed E-state index contributed by atoms with van der Waals surface area (Å²) in [6, 6.07) is 13.7. The number of primary amides is 1. The molecule has 5 rings (SSSR count). The number of halogens is 1. The molecule has 2 aromatic carbocycles. The van der Waals surface area contributed by atoms with E-state index in [2.05, 4.69) is 25.2 Å². The molecule has 1 aliphatic heterocycles. The highest BCUT2D eigenvalue weighted by atomic mass is 19.1. The minimum Gasteiger partial charge on any atom is -0.493 e. The van der Waals surface area contributed by atoms with Crippen LogP contribution in [-0.4, -0.2) is 65.2 Å². The van der Waals surface area contributed by atoms with Gasteiger partial charge in [0, 0.05) is 60.2 Å². The summed E-state index contributed by atoms with van der Waals surface area (Å²) in [4.78, 5) is 27.0. The van der Waals surface area contributed by atoms with Gasteiger partial charge in [0.1, 0.15) is 23.7 Å². The topological polar surface area (TPSA) is 115 Å². The van der Waals surface area contributed by atoms with Gasteiger partial charge < -0.3 is 20.5 Å². The van der Waals surface area contributed by atoms with Crippen molar-refractivity contribution in [3.8, 4) is 17.0 Å². The Morgan fingerprint density at radius 1 is 1.13 bits per heavy atom. The molecule has 0 atom stereocenters. The van der Waals surface area contributed by atoms with Crippen molar-refractivity contribution in [3.05, 3.63) is 78.5 Å². The Balaban J connectivity index is 1.39. The quantitative estimate of drug-likeness (QED) is 0.233. The van der Waals surface area contributed by atoms with Crippen molar-refractivity contribution in [2.45, 2.75) is 6.42 Å². The van der Waals surface area contributed by atoms with Gasteiger partial charge in [-0.05, 0) is 42.8 Å². The summed E-state index contributed by atoms with van der Waals surface area (Å²) in [6.45, 7) is 4.79. The minimum absolute atomic E-state index is 0.349. The first-order valence-corrected chi connectivity index (χ1v) is 12.7. The van der Waals surface area contributed by atoms with E-state index in [1.54, 1.807) is 42.6 Å². The Bertz CT molecular complexity index is 1490. The summed E-state index contributed by atoms with van der Waals surface area (Å²) in [7, 11) is 0. The first-order chi connectivity index (χ1) is 19.1. The largest absolute Gasteiger partial charge is 0.493 e. The van der Waals surface area contributed by atoms with Crippen LogP contribution >= 0.6 is 0 Å². The van der Waals surface area contributed by atoms with Crippen LogP contribution in [0, 0.1) is 5.82 Å². The van der Waals surface area contributed by atoms with E-state index in [4.69, 9.17) is 15.2 Å². The molecule has 4 aromatic rings. The summed E-state index contributed by atoms with van der Waals surface area (Å²) >= 11 is 0. The molecule has 0 spiro atoms. The third-order valence-corrected chi connectivity index (χ3v) is 6.35. The highest BCUT2D eigenvalue weighted by molar-refractivity contribution is 5.96. The molecule has 0 aliphatic carbocycles. The lowest BCUT2D eigenvalue weighted by molar-refractivity contribution is -0.113. The molecule has 0 saturated carbocycles. The Morgan fingerprint density at radius 2 is 1.97 bits per heavy atom. The minimum atomic E-state index is -0.562. The maximum atomic E-state index is 14.3. The summed E-state index contributed by atoms with van der Waals surface area (Å²) < 4.78 is 25.8. The molecule has 39 heavy (non-hydrogen) atoms. The van der Waals surface area contributed by atoms with Crippen molar-refractivity contribution in [2.75, 3.05) is 44.8 Å². The number of nitrogens with zero attached hydrogens (tertiary/aromatic N) is 4. The van der Waals surface area contributed by atoms with Crippen LogP contribution in [0.25, 0.3) is 28.2 Å². The van der Waals surface area contributed by atoms with Crippen molar-refractivity contribution >= 4 is 34.4 Å². The van der Waals surface area contributed by atoms with Gasteiger partial charge in [-0.15, -0.1) is 0 Å². The summed E-state index contributed by atoms with van der Waals surface area (Å²) in [6.07, 6.45) is 6.84. The average Bonchev–Trinajstić information content (AvgIpc) is 2.95. The van der Waals surface area contributed by atoms with Crippen LogP contribution in [0.15, 0.2) is 67.1 Å². The predicted molar refractivity (Wildman–Crippen MR) is 148 cm³/mol. The summed E-state index contributed by atoms with van der Waals surface area (Å²) in [5.74, 6) is 0.224. The second-order valence-corrected chi connectivity index (χ2v) is 9.06. The second-order valence-electron chi connectivity index (χ2n) is 9.06. The highest BCUT2D eigenvalue weighted by Gasteiger charge is 2.13. The number of anilines is 2. The number of pyridine rings is 1. The van der Waals surface area contributed by atoms with Crippen molar-refractivity contribution in [1.29, 1.82) is 0 Å². The standard InChI is InChI=1S/C29H29FN6O3/c30-24-5-2-1-4-22(24)25-17-21(8-9-32-25)35-29-23-16-20(6-7-28(31)37)27(18-26(23)33-19-34-29)39-13-3-10-36-11-14-38-15-12-36/h1-2,4-9,16-19H,3,10-15H2,(H2,31,37)(H,32,33,34,35). The molecule has 9 nitrogen and oxygen atoms in total. The molecule has 1 fully saturated rings. The van der Waals surface area contributed by atoms with Crippen LogP contribution in [0.4, 0.5) is 15.9 Å². The van der Waals surface area contributed by atoms with Crippen LogP contribution < -0.4 is 15.8 Å². The number of aromatic nitrogens is 3. The fourth-order valence-corrected chi connectivity index (χ4v) is 4.38. The van der Waals surface area contributed by atoms with E-state index in [1.807, 2.05) is 12.1 Å². The second kappa shape index (κ2) is 12.4. The van der Waals surface area contributed by atoms with Crippen LogP contribution in [0.2, 0.25) is 0 Å². The fourth-order valence-electron chi connectivity index (χ4n) is 4.38. The SMILES string of the molecule is NC(=O)C=Cc1cc2c(Nc3ccnc(-c4ccccc4F)c3)ncnc2cc1OCCCN1CCOCC1. The molecule has 10 heteroatoms. The fraction of sp³-hybridized carbons (Fsp3) is 0.241. The maximum Gasteiger partial charge on any atom is 0.241 e. The van der Waals surface area contributed by atoms with Crippen molar-refractivity contribution < 1.29 is 18.7 Å². The van der Waals surface area contributed by atoms with Crippen LogP contribution in [-0.2, 0) is 9.53 Å². The number of hydrogen-bond acceptors (Lipinski definition) is 8. The number of carbonyl (C=O) groups is 1. The van der Waals surface area contributed by atoms with Gasteiger partial charge in [-0.2, -0.15) is 0 Å². The van der Waals surface area contributed by atoms with Gasteiger partial charge in [-0.3, -0.25) is 14.7 Å². The Hall–Kier alpha value is -4.41. The lowest BCUT2D eigenvalue weighted by Gasteiger charge is -2.26. The number of hydrogen-bond donors (Lipinski definition) is 2. The van der Waals surface area contributed by atoms with Crippen molar-refractivity contribution in [2.24, 2.45) is 5.73 Å². The lowest BCUT2D eigenvalue weighted by Crippen LogP contribution is -2.37. The van der Waals surface area contributed by atoms with E-state index in [-0.39, 0.29) is 5.82 Å². The molecule has 1 amide bonds. The highest BCUT2D eigenvalue weighted by Crippen LogP contribution is 2.32.